The van der Waals surface area contributed by atoms with Crippen LogP contribution >= 0.6 is 11.6 Å². The zero-order valence-corrected chi connectivity index (χ0v) is 22.4. The maximum Gasteiger partial charge on any atom is 0.322 e. The Balaban J connectivity index is 1.38. The van der Waals surface area contributed by atoms with E-state index in [0.717, 1.165) is 30.8 Å². The number of nitrogens with one attached hydrogen (secondary N) is 2. The van der Waals surface area contributed by atoms with E-state index < -0.39 is 12.1 Å². The number of urea groups is 1. The van der Waals surface area contributed by atoms with Crippen molar-refractivity contribution in [2.45, 2.75) is 37.8 Å². The maximum atomic E-state index is 14.0. The lowest BCUT2D eigenvalue weighted by atomic mass is 9.95. The molecule has 2 atom stereocenters. The van der Waals surface area contributed by atoms with Crippen LogP contribution in [0.15, 0.2) is 65.9 Å². The molecule has 0 saturated carbocycles. The summed E-state index contributed by atoms with van der Waals surface area (Å²) in [5, 5.41) is 6.61. The zero-order valence-electron chi connectivity index (χ0n) is 21.7. The van der Waals surface area contributed by atoms with Crippen molar-refractivity contribution in [3.05, 3.63) is 82.0 Å². The van der Waals surface area contributed by atoms with Crippen molar-refractivity contribution in [2.24, 2.45) is 0 Å². The fraction of sp³-hybridized carbons (Fsp3) is 0.414. The van der Waals surface area contributed by atoms with E-state index in [9.17, 15) is 14.4 Å². The van der Waals surface area contributed by atoms with Gasteiger partial charge in [-0.3, -0.25) is 14.5 Å². The highest BCUT2D eigenvalue weighted by Crippen LogP contribution is 2.37. The van der Waals surface area contributed by atoms with E-state index in [0.29, 0.717) is 29.3 Å². The van der Waals surface area contributed by atoms with Gasteiger partial charge in [0.25, 0.3) is 5.91 Å². The van der Waals surface area contributed by atoms with E-state index >= 15 is 0 Å². The van der Waals surface area contributed by atoms with Crippen molar-refractivity contribution in [2.75, 3.05) is 39.8 Å². The number of likely N-dealkylation sites (N-methyl/N-ethyl adjacent to an activating group) is 1. The topological polar surface area (TPSA) is 85.0 Å². The van der Waals surface area contributed by atoms with Gasteiger partial charge in [0, 0.05) is 31.6 Å². The molecule has 9 heteroatoms. The molecule has 38 heavy (non-hydrogen) atoms. The Morgan fingerprint density at radius 3 is 2.47 bits per heavy atom. The molecule has 8 nitrogen and oxygen atoms in total. The molecule has 1 fully saturated rings. The van der Waals surface area contributed by atoms with E-state index in [1.54, 1.807) is 24.1 Å². The lowest BCUT2D eigenvalue weighted by Gasteiger charge is -2.31. The highest BCUT2D eigenvalue weighted by Gasteiger charge is 2.46. The first-order valence-electron chi connectivity index (χ1n) is 13.3. The van der Waals surface area contributed by atoms with Crippen LogP contribution in [0.2, 0.25) is 5.02 Å². The second-order valence-corrected chi connectivity index (χ2v) is 10.6. The van der Waals surface area contributed by atoms with Gasteiger partial charge in [0.2, 0.25) is 5.91 Å². The Morgan fingerprint density at radius 2 is 1.76 bits per heavy atom. The first kappa shape index (κ1) is 26.3. The van der Waals surface area contributed by atoms with E-state index in [1.165, 1.54) is 24.2 Å². The average Bonchev–Trinajstić information content (AvgIpc) is 3.28. The van der Waals surface area contributed by atoms with Crippen molar-refractivity contribution >= 4 is 29.4 Å². The summed E-state index contributed by atoms with van der Waals surface area (Å²) in [5.74, 6) is -0.414. The van der Waals surface area contributed by atoms with Crippen LogP contribution < -0.4 is 10.6 Å². The lowest BCUT2D eigenvalue weighted by molar-refractivity contribution is -0.136. The smallest absolute Gasteiger partial charge is 0.322 e. The Bertz CT molecular complexity index is 1210. The summed E-state index contributed by atoms with van der Waals surface area (Å²) < 4.78 is 0. The number of carbonyl (C=O) groups excluding carboxylic acids is 3. The molecule has 0 radical (unpaired) electrons. The van der Waals surface area contributed by atoms with Gasteiger partial charge in [0.15, 0.2) is 0 Å². The van der Waals surface area contributed by atoms with Crippen LogP contribution in [0.4, 0.5) is 4.79 Å². The summed E-state index contributed by atoms with van der Waals surface area (Å²) in [6.45, 7) is 3.65. The highest BCUT2D eigenvalue weighted by molar-refractivity contribution is 6.30. The monoisotopic (exact) mass is 535 g/mol. The summed E-state index contributed by atoms with van der Waals surface area (Å²) in [6.07, 6.45) is 4.04. The third kappa shape index (κ3) is 5.56. The molecule has 2 aromatic rings. The molecule has 0 spiro atoms. The second-order valence-electron chi connectivity index (χ2n) is 10.2. The molecule has 0 unspecified atom stereocenters. The number of rotatable bonds is 8. The number of carbonyl (C=O) groups is 3. The van der Waals surface area contributed by atoms with Crippen LogP contribution in [0.5, 0.6) is 0 Å². The molecule has 0 aliphatic carbocycles. The quantitative estimate of drug-likeness (QED) is 0.543. The van der Waals surface area contributed by atoms with Gasteiger partial charge in [-0.2, -0.15) is 0 Å². The molecule has 3 aliphatic rings. The zero-order chi connectivity index (χ0) is 26.6. The van der Waals surface area contributed by atoms with Crippen LogP contribution in [-0.2, 0) is 16.0 Å². The molecule has 4 amide bonds. The molecule has 3 heterocycles. The number of amides is 4. The van der Waals surface area contributed by atoms with E-state index in [2.05, 4.69) is 15.5 Å². The SMILES string of the molecule is CN1C(=O)N[C@@H](c2ccc(Cl)cc2)C2=C1CN([C@H](Cc1ccccc1)C(=O)NCCN1CCCCC1)C2=O. The summed E-state index contributed by atoms with van der Waals surface area (Å²) in [4.78, 5) is 45.9. The summed E-state index contributed by atoms with van der Waals surface area (Å²) in [5.41, 5.74) is 2.86. The Hall–Kier alpha value is -3.36. The standard InChI is InChI=1S/C29H34ClN5O3/c1-33-24-19-35(28(37)25(24)26(32-29(33)38)21-10-12-22(30)13-11-21)23(18-20-8-4-2-5-9-20)27(36)31-14-17-34-15-6-3-7-16-34/h2,4-5,8-13,23,26H,3,6-7,14-19H2,1H3,(H,31,36)(H,32,38)/t23-,26+/m1/s1. The molecular weight excluding hydrogens is 502 g/mol. The number of piperidine rings is 1. The van der Waals surface area contributed by atoms with Gasteiger partial charge in [-0.25, -0.2) is 4.79 Å². The number of nitrogens with zero attached hydrogens (tertiary/aromatic N) is 3. The van der Waals surface area contributed by atoms with Crippen LogP contribution in [0, 0.1) is 0 Å². The third-order valence-corrected chi connectivity index (χ3v) is 7.97. The molecule has 5 rings (SSSR count). The molecule has 2 aromatic carbocycles. The minimum absolute atomic E-state index is 0.177. The molecule has 1 saturated heterocycles. The minimum Gasteiger partial charge on any atom is -0.353 e. The predicted octanol–water partition coefficient (Wildman–Crippen LogP) is 3.35. The molecule has 3 aliphatic heterocycles. The van der Waals surface area contributed by atoms with Crippen molar-refractivity contribution < 1.29 is 14.4 Å². The first-order valence-corrected chi connectivity index (χ1v) is 13.7. The van der Waals surface area contributed by atoms with E-state index in [1.807, 2.05) is 42.5 Å². The van der Waals surface area contributed by atoms with E-state index in [-0.39, 0.29) is 24.4 Å². The normalized spacial score (nSPS) is 20.8. The van der Waals surface area contributed by atoms with Crippen molar-refractivity contribution in [1.82, 2.24) is 25.3 Å². The molecule has 200 valence electrons. The largest absolute Gasteiger partial charge is 0.353 e. The fourth-order valence-corrected chi connectivity index (χ4v) is 5.69. The van der Waals surface area contributed by atoms with Gasteiger partial charge in [-0.15, -0.1) is 0 Å². The van der Waals surface area contributed by atoms with Crippen LogP contribution in [0.3, 0.4) is 0 Å². The van der Waals surface area contributed by atoms with Gasteiger partial charge < -0.3 is 20.4 Å². The third-order valence-electron chi connectivity index (χ3n) is 7.72. The maximum absolute atomic E-state index is 14.0. The highest BCUT2D eigenvalue weighted by atomic mass is 35.5. The number of hydrogen-bond donors (Lipinski definition) is 2. The number of benzene rings is 2. The Kier molecular flexibility index (Phi) is 8.00. The van der Waals surface area contributed by atoms with Crippen molar-refractivity contribution in [3.63, 3.8) is 0 Å². The van der Waals surface area contributed by atoms with Gasteiger partial charge in [-0.05, 0) is 49.2 Å². The van der Waals surface area contributed by atoms with Crippen LogP contribution in [-0.4, -0.2) is 78.4 Å². The summed E-state index contributed by atoms with van der Waals surface area (Å²) >= 11 is 6.08. The molecule has 0 aromatic heterocycles. The number of hydrogen-bond acceptors (Lipinski definition) is 4. The number of halogens is 1. The van der Waals surface area contributed by atoms with Crippen molar-refractivity contribution in [3.8, 4) is 0 Å². The van der Waals surface area contributed by atoms with Crippen LogP contribution in [0.1, 0.15) is 36.4 Å². The molecule has 2 N–H and O–H groups in total. The van der Waals surface area contributed by atoms with Gasteiger partial charge in [-0.1, -0.05) is 60.5 Å². The number of likely N-dealkylation sites (tertiary alicyclic amines) is 1. The predicted molar refractivity (Wildman–Crippen MR) is 146 cm³/mol. The second kappa shape index (κ2) is 11.6. The van der Waals surface area contributed by atoms with E-state index in [4.69, 9.17) is 11.6 Å². The first-order chi connectivity index (χ1) is 18.4. The molecular formula is C29H34ClN5O3. The minimum atomic E-state index is -0.703. The Labute approximate surface area is 228 Å². The summed E-state index contributed by atoms with van der Waals surface area (Å²) in [7, 11) is 1.66. The average molecular weight is 536 g/mol. The fourth-order valence-electron chi connectivity index (χ4n) is 5.57. The summed E-state index contributed by atoms with van der Waals surface area (Å²) in [6, 6.07) is 15.2. The van der Waals surface area contributed by atoms with Crippen LogP contribution in [0.25, 0.3) is 0 Å². The molecule has 0 bridgehead atoms. The Morgan fingerprint density at radius 1 is 1.05 bits per heavy atom. The lowest BCUT2D eigenvalue weighted by Crippen LogP contribution is -2.51. The van der Waals surface area contributed by atoms with Gasteiger partial charge in [0.05, 0.1) is 23.9 Å². The van der Waals surface area contributed by atoms with Gasteiger partial charge >= 0.3 is 6.03 Å². The van der Waals surface area contributed by atoms with Crippen molar-refractivity contribution in [1.29, 1.82) is 0 Å². The van der Waals surface area contributed by atoms with Gasteiger partial charge in [0.1, 0.15) is 6.04 Å².